The second kappa shape index (κ2) is 8.78. The monoisotopic (exact) mass is 358 g/mol. The molecule has 0 amide bonds. The SMILES string of the molecule is CCNC(=NCCCc1cccc(F)c1)NC1CCCn2nc(C)nc21. The van der Waals surface area contributed by atoms with Gasteiger partial charge in [0, 0.05) is 19.6 Å². The molecule has 140 valence electrons. The number of halogens is 1. The fourth-order valence-corrected chi connectivity index (χ4v) is 3.26. The third kappa shape index (κ3) is 4.80. The lowest BCUT2D eigenvalue weighted by Gasteiger charge is -2.25. The van der Waals surface area contributed by atoms with Gasteiger partial charge in [-0.05, 0) is 57.2 Å². The van der Waals surface area contributed by atoms with E-state index in [0.717, 1.165) is 61.9 Å². The van der Waals surface area contributed by atoms with Gasteiger partial charge in [0.1, 0.15) is 17.5 Å². The number of aliphatic imine (C=N–C) groups is 1. The maximum Gasteiger partial charge on any atom is 0.191 e. The summed E-state index contributed by atoms with van der Waals surface area (Å²) in [7, 11) is 0. The van der Waals surface area contributed by atoms with Gasteiger partial charge < -0.3 is 10.6 Å². The average Bonchev–Trinajstić information content (AvgIpc) is 3.00. The lowest BCUT2D eigenvalue weighted by molar-refractivity contribution is 0.397. The summed E-state index contributed by atoms with van der Waals surface area (Å²) >= 11 is 0. The van der Waals surface area contributed by atoms with Crippen LogP contribution in [0.25, 0.3) is 0 Å². The predicted octanol–water partition coefficient (Wildman–Crippen LogP) is 2.75. The Kier molecular flexibility index (Phi) is 6.20. The molecule has 1 aliphatic heterocycles. The molecule has 1 unspecified atom stereocenters. The van der Waals surface area contributed by atoms with Crippen molar-refractivity contribution in [2.75, 3.05) is 13.1 Å². The molecule has 2 aromatic rings. The summed E-state index contributed by atoms with van der Waals surface area (Å²) in [6.45, 7) is 6.39. The summed E-state index contributed by atoms with van der Waals surface area (Å²) in [4.78, 5) is 9.23. The van der Waals surface area contributed by atoms with Crippen LogP contribution in [0.15, 0.2) is 29.3 Å². The van der Waals surface area contributed by atoms with Crippen molar-refractivity contribution in [3.63, 3.8) is 0 Å². The highest BCUT2D eigenvalue weighted by atomic mass is 19.1. The highest BCUT2D eigenvalue weighted by Gasteiger charge is 2.24. The number of hydrogen-bond acceptors (Lipinski definition) is 3. The van der Waals surface area contributed by atoms with Crippen molar-refractivity contribution >= 4 is 5.96 Å². The third-order valence-corrected chi connectivity index (χ3v) is 4.42. The topological polar surface area (TPSA) is 67.1 Å². The van der Waals surface area contributed by atoms with Crippen molar-refractivity contribution in [1.29, 1.82) is 0 Å². The Labute approximate surface area is 153 Å². The van der Waals surface area contributed by atoms with Crippen molar-refractivity contribution < 1.29 is 4.39 Å². The van der Waals surface area contributed by atoms with E-state index in [1.165, 1.54) is 6.07 Å². The minimum atomic E-state index is -0.183. The van der Waals surface area contributed by atoms with E-state index in [0.29, 0.717) is 6.54 Å². The van der Waals surface area contributed by atoms with Crippen LogP contribution >= 0.6 is 0 Å². The number of nitrogens with one attached hydrogen (secondary N) is 2. The number of aromatic nitrogens is 3. The van der Waals surface area contributed by atoms with Gasteiger partial charge in [0.2, 0.25) is 0 Å². The summed E-state index contributed by atoms with van der Waals surface area (Å²) in [6.07, 6.45) is 3.79. The van der Waals surface area contributed by atoms with Gasteiger partial charge in [0.25, 0.3) is 0 Å². The van der Waals surface area contributed by atoms with Crippen molar-refractivity contribution in [1.82, 2.24) is 25.4 Å². The van der Waals surface area contributed by atoms with Crippen LogP contribution in [0.2, 0.25) is 0 Å². The molecule has 2 heterocycles. The highest BCUT2D eigenvalue weighted by molar-refractivity contribution is 5.80. The first kappa shape index (κ1) is 18.4. The van der Waals surface area contributed by atoms with E-state index >= 15 is 0 Å². The zero-order valence-corrected chi connectivity index (χ0v) is 15.5. The maximum atomic E-state index is 13.2. The Bertz CT molecular complexity index is 754. The molecule has 0 spiro atoms. The second-order valence-electron chi connectivity index (χ2n) is 6.57. The lowest BCUT2D eigenvalue weighted by atomic mass is 10.1. The van der Waals surface area contributed by atoms with Crippen molar-refractivity contribution in [2.24, 2.45) is 4.99 Å². The van der Waals surface area contributed by atoms with Gasteiger partial charge in [0.15, 0.2) is 5.96 Å². The molecule has 0 saturated carbocycles. The molecule has 1 aromatic carbocycles. The molecule has 0 aliphatic carbocycles. The molecule has 26 heavy (non-hydrogen) atoms. The Morgan fingerprint density at radius 3 is 3.12 bits per heavy atom. The van der Waals surface area contributed by atoms with Gasteiger partial charge in [-0.1, -0.05) is 12.1 Å². The second-order valence-corrected chi connectivity index (χ2v) is 6.57. The minimum Gasteiger partial charge on any atom is -0.357 e. The van der Waals surface area contributed by atoms with Crippen LogP contribution in [0.1, 0.15) is 49.4 Å². The molecule has 0 radical (unpaired) electrons. The number of fused-ring (bicyclic) bond motifs is 1. The molecule has 2 N–H and O–H groups in total. The number of aryl methyl sites for hydroxylation is 3. The first-order valence-corrected chi connectivity index (χ1v) is 9.36. The van der Waals surface area contributed by atoms with Gasteiger partial charge >= 0.3 is 0 Å². The van der Waals surface area contributed by atoms with Gasteiger partial charge in [-0.3, -0.25) is 4.99 Å². The molecule has 1 aromatic heterocycles. The standard InChI is InChI=1S/C19H27FN6/c1-3-21-19(22-11-5-8-15-7-4-9-16(20)13-15)24-17-10-6-12-26-18(17)23-14(2)25-26/h4,7,9,13,17H,3,5-6,8,10-12H2,1-2H3,(H2,21,22,24). The smallest absolute Gasteiger partial charge is 0.191 e. The fourth-order valence-electron chi connectivity index (χ4n) is 3.26. The van der Waals surface area contributed by atoms with E-state index in [2.05, 4.69) is 32.6 Å². The quantitative estimate of drug-likeness (QED) is 0.473. The summed E-state index contributed by atoms with van der Waals surface area (Å²) in [6, 6.07) is 6.89. The van der Waals surface area contributed by atoms with Gasteiger partial charge in [0.05, 0.1) is 6.04 Å². The predicted molar refractivity (Wildman–Crippen MR) is 101 cm³/mol. The average molecular weight is 358 g/mol. The van der Waals surface area contributed by atoms with Gasteiger partial charge in [-0.25, -0.2) is 14.1 Å². The van der Waals surface area contributed by atoms with Crippen molar-refractivity contribution in [2.45, 2.75) is 52.1 Å². The molecule has 0 fully saturated rings. The van der Waals surface area contributed by atoms with Crippen molar-refractivity contribution in [3.8, 4) is 0 Å². The Morgan fingerprint density at radius 2 is 2.31 bits per heavy atom. The highest BCUT2D eigenvalue weighted by Crippen LogP contribution is 2.22. The molecular weight excluding hydrogens is 331 g/mol. The largest absolute Gasteiger partial charge is 0.357 e. The zero-order chi connectivity index (χ0) is 18.4. The zero-order valence-electron chi connectivity index (χ0n) is 15.5. The third-order valence-electron chi connectivity index (χ3n) is 4.42. The van der Waals surface area contributed by atoms with E-state index < -0.39 is 0 Å². The van der Waals surface area contributed by atoms with Crippen LogP contribution in [-0.2, 0) is 13.0 Å². The molecule has 7 heteroatoms. The van der Waals surface area contributed by atoms with Crippen LogP contribution < -0.4 is 10.6 Å². The summed E-state index contributed by atoms with van der Waals surface area (Å²) in [5, 5.41) is 11.2. The van der Waals surface area contributed by atoms with Crippen LogP contribution in [0.5, 0.6) is 0 Å². The first-order chi connectivity index (χ1) is 12.7. The Morgan fingerprint density at radius 1 is 1.42 bits per heavy atom. The maximum absolute atomic E-state index is 13.2. The van der Waals surface area contributed by atoms with E-state index in [1.807, 2.05) is 17.7 Å². The Hall–Kier alpha value is -2.44. The number of hydrogen-bond donors (Lipinski definition) is 2. The molecule has 0 saturated heterocycles. The van der Waals surface area contributed by atoms with Crippen molar-refractivity contribution in [3.05, 3.63) is 47.3 Å². The normalized spacial score (nSPS) is 17.0. The summed E-state index contributed by atoms with van der Waals surface area (Å²) < 4.78 is 15.2. The number of nitrogens with zero attached hydrogens (tertiary/aromatic N) is 4. The minimum absolute atomic E-state index is 0.131. The van der Waals surface area contributed by atoms with E-state index in [9.17, 15) is 4.39 Å². The summed E-state index contributed by atoms with van der Waals surface area (Å²) in [5.74, 6) is 2.41. The van der Waals surface area contributed by atoms with Crippen LogP contribution in [0, 0.1) is 12.7 Å². The van der Waals surface area contributed by atoms with Crippen LogP contribution in [0.4, 0.5) is 4.39 Å². The lowest BCUT2D eigenvalue weighted by Crippen LogP contribution is -2.41. The molecule has 0 bridgehead atoms. The molecule has 6 nitrogen and oxygen atoms in total. The van der Waals surface area contributed by atoms with Crippen LogP contribution in [-0.4, -0.2) is 33.8 Å². The Balaban J connectivity index is 1.57. The fraction of sp³-hybridized carbons (Fsp3) is 0.526. The number of guanidine groups is 1. The molecular formula is C19H27FN6. The van der Waals surface area contributed by atoms with E-state index in [4.69, 9.17) is 0 Å². The van der Waals surface area contributed by atoms with Gasteiger partial charge in [-0.15, -0.1) is 0 Å². The molecule has 1 atom stereocenters. The molecule has 1 aliphatic rings. The van der Waals surface area contributed by atoms with E-state index in [1.54, 1.807) is 12.1 Å². The number of rotatable bonds is 6. The first-order valence-electron chi connectivity index (χ1n) is 9.36. The summed E-state index contributed by atoms with van der Waals surface area (Å²) in [5.41, 5.74) is 1.01. The molecule has 3 rings (SSSR count). The van der Waals surface area contributed by atoms with E-state index in [-0.39, 0.29) is 11.9 Å². The number of benzene rings is 1. The van der Waals surface area contributed by atoms with Gasteiger partial charge in [-0.2, -0.15) is 5.10 Å². The van der Waals surface area contributed by atoms with Crippen LogP contribution in [0.3, 0.4) is 0 Å².